The van der Waals surface area contributed by atoms with Crippen molar-refractivity contribution in [3.8, 4) is 0 Å². The summed E-state index contributed by atoms with van der Waals surface area (Å²) >= 11 is 0. The Balaban J connectivity index is 1.87. The first-order chi connectivity index (χ1) is 15.0. The van der Waals surface area contributed by atoms with Gasteiger partial charge in [-0.05, 0) is 31.2 Å². The maximum Gasteiger partial charge on any atom is 0.355 e. The molecule has 0 unspecified atom stereocenters. The van der Waals surface area contributed by atoms with E-state index in [4.69, 9.17) is 4.74 Å². The minimum absolute atomic E-state index is 0.173. The molecule has 1 aromatic heterocycles. The molecule has 3 aromatic rings. The maximum absolute atomic E-state index is 12.2. The summed E-state index contributed by atoms with van der Waals surface area (Å²) in [5.41, 5.74) is 5.10. The van der Waals surface area contributed by atoms with E-state index in [1.54, 1.807) is 55.5 Å². The van der Waals surface area contributed by atoms with E-state index in [2.05, 4.69) is 26.1 Å². The van der Waals surface area contributed by atoms with Gasteiger partial charge in [0.05, 0.1) is 22.8 Å². The molecule has 0 spiro atoms. The average molecular weight is 422 g/mol. The van der Waals surface area contributed by atoms with Gasteiger partial charge in [-0.25, -0.2) is 14.8 Å². The van der Waals surface area contributed by atoms with Crippen LogP contribution in [-0.4, -0.2) is 33.4 Å². The number of carbonyl (C=O) groups excluding carboxylic acids is 2. The Morgan fingerprint density at radius 1 is 1.03 bits per heavy atom. The van der Waals surface area contributed by atoms with E-state index in [0.29, 0.717) is 5.56 Å². The Morgan fingerprint density at radius 2 is 1.71 bits per heavy atom. The van der Waals surface area contributed by atoms with E-state index in [1.807, 2.05) is 0 Å². The molecule has 1 heterocycles. The number of ether oxygens (including phenoxy) is 1. The van der Waals surface area contributed by atoms with Crippen LogP contribution in [0.3, 0.4) is 0 Å². The molecule has 11 nitrogen and oxygen atoms in total. The van der Waals surface area contributed by atoms with Crippen LogP contribution in [0.15, 0.2) is 60.9 Å². The number of rotatable bonds is 8. The van der Waals surface area contributed by atoms with Gasteiger partial charge in [0.25, 0.3) is 5.91 Å². The van der Waals surface area contributed by atoms with Crippen molar-refractivity contribution in [1.29, 1.82) is 0 Å². The molecule has 11 heteroatoms. The van der Waals surface area contributed by atoms with Crippen LogP contribution in [0.4, 0.5) is 23.0 Å². The second-order valence-electron chi connectivity index (χ2n) is 6.01. The van der Waals surface area contributed by atoms with Crippen LogP contribution in [0.1, 0.15) is 27.6 Å². The lowest BCUT2D eigenvalue weighted by Crippen LogP contribution is -2.30. The first-order valence-electron chi connectivity index (χ1n) is 9.15. The number of amides is 1. The van der Waals surface area contributed by atoms with Gasteiger partial charge in [0.2, 0.25) is 11.6 Å². The zero-order valence-corrected chi connectivity index (χ0v) is 16.4. The number of anilines is 3. The average Bonchev–Trinajstić information content (AvgIpc) is 2.78. The lowest BCUT2D eigenvalue weighted by Gasteiger charge is -2.13. The van der Waals surface area contributed by atoms with Crippen molar-refractivity contribution in [2.45, 2.75) is 6.92 Å². The number of benzene rings is 2. The van der Waals surface area contributed by atoms with Crippen LogP contribution in [0.25, 0.3) is 0 Å². The smallest absolute Gasteiger partial charge is 0.355 e. The van der Waals surface area contributed by atoms with Gasteiger partial charge in [-0.2, -0.15) is 0 Å². The highest BCUT2D eigenvalue weighted by Crippen LogP contribution is 2.32. The van der Waals surface area contributed by atoms with Crippen molar-refractivity contribution in [2.75, 3.05) is 17.3 Å². The van der Waals surface area contributed by atoms with Crippen LogP contribution in [0.5, 0.6) is 0 Å². The number of hydrazine groups is 1. The summed E-state index contributed by atoms with van der Waals surface area (Å²) in [6.45, 7) is 1.85. The van der Waals surface area contributed by atoms with Gasteiger partial charge in [0.15, 0.2) is 0 Å². The molecule has 31 heavy (non-hydrogen) atoms. The van der Waals surface area contributed by atoms with Gasteiger partial charge >= 0.3 is 11.7 Å². The molecule has 0 saturated heterocycles. The molecule has 2 aromatic carbocycles. The summed E-state index contributed by atoms with van der Waals surface area (Å²) in [6.07, 6.45) is 1.08. The Labute approximate surface area is 176 Å². The van der Waals surface area contributed by atoms with Crippen LogP contribution in [-0.2, 0) is 4.74 Å². The fourth-order valence-electron chi connectivity index (χ4n) is 2.62. The normalized spacial score (nSPS) is 10.1. The Kier molecular flexibility index (Phi) is 6.68. The molecule has 158 valence electrons. The lowest BCUT2D eigenvalue weighted by molar-refractivity contribution is -0.383. The maximum atomic E-state index is 12.2. The zero-order valence-electron chi connectivity index (χ0n) is 16.4. The minimum Gasteiger partial charge on any atom is -0.462 e. The third-order valence-corrected chi connectivity index (χ3v) is 4.01. The molecule has 0 fully saturated rings. The van der Waals surface area contributed by atoms with E-state index in [-0.39, 0.29) is 29.5 Å². The molecular formula is C20H18N6O5. The van der Waals surface area contributed by atoms with Gasteiger partial charge in [0, 0.05) is 5.56 Å². The predicted octanol–water partition coefficient (Wildman–Crippen LogP) is 3.06. The van der Waals surface area contributed by atoms with Crippen LogP contribution in [0.2, 0.25) is 0 Å². The van der Waals surface area contributed by atoms with Gasteiger partial charge in [-0.1, -0.05) is 30.3 Å². The number of aromatic nitrogens is 2. The summed E-state index contributed by atoms with van der Waals surface area (Å²) in [5, 5.41) is 14.5. The molecule has 1 amide bonds. The standard InChI is InChI=1S/C20H18N6O5/c1-2-31-20(28)14-10-6-7-11-15(14)23-17-16(26(29)30)18(22-12-21-17)24-25-19(27)13-8-4-3-5-9-13/h3-12H,2H2,1H3,(H,25,27)(H2,21,22,23,24). The number of nitro groups is 1. The Morgan fingerprint density at radius 3 is 2.42 bits per heavy atom. The van der Waals surface area contributed by atoms with Gasteiger partial charge in [0.1, 0.15) is 6.33 Å². The molecule has 0 radical (unpaired) electrons. The lowest BCUT2D eigenvalue weighted by atomic mass is 10.2. The van der Waals surface area contributed by atoms with E-state index >= 15 is 0 Å². The number of esters is 1. The number of para-hydroxylation sites is 1. The largest absolute Gasteiger partial charge is 0.462 e. The third-order valence-electron chi connectivity index (χ3n) is 4.01. The van der Waals surface area contributed by atoms with E-state index in [1.165, 1.54) is 6.07 Å². The zero-order chi connectivity index (χ0) is 22.2. The number of nitrogens with zero attached hydrogens (tertiary/aromatic N) is 3. The van der Waals surface area contributed by atoms with Crippen LogP contribution < -0.4 is 16.2 Å². The third kappa shape index (κ3) is 5.09. The van der Waals surface area contributed by atoms with Crippen molar-refractivity contribution in [1.82, 2.24) is 15.4 Å². The van der Waals surface area contributed by atoms with Crippen molar-refractivity contribution >= 4 is 34.9 Å². The minimum atomic E-state index is -0.702. The summed E-state index contributed by atoms with van der Waals surface area (Å²) in [7, 11) is 0. The molecule has 3 N–H and O–H groups in total. The van der Waals surface area contributed by atoms with E-state index < -0.39 is 22.5 Å². The highest BCUT2D eigenvalue weighted by atomic mass is 16.6. The van der Waals surface area contributed by atoms with Crippen molar-refractivity contribution in [2.24, 2.45) is 0 Å². The summed E-state index contributed by atoms with van der Waals surface area (Å²) in [6, 6.07) is 14.7. The fourth-order valence-corrected chi connectivity index (χ4v) is 2.62. The SMILES string of the molecule is CCOC(=O)c1ccccc1Nc1ncnc(NNC(=O)c2ccccc2)c1[N+](=O)[O-]. The molecule has 0 aliphatic carbocycles. The number of nitrogens with one attached hydrogen (secondary N) is 3. The quantitative estimate of drug-likeness (QED) is 0.283. The van der Waals surface area contributed by atoms with Crippen LogP contribution in [0, 0.1) is 10.1 Å². The first kappa shape index (κ1) is 21.2. The molecule has 0 saturated carbocycles. The van der Waals surface area contributed by atoms with E-state index in [9.17, 15) is 19.7 Å². The van der Waals surface area contributed by atoms with Gasteiger partial charge in [-0.15, -0.1) is 0 Å². The number of hydrogen-bond acceptors (Lipinski definition) is 9. The molecular weight excluding hydrogens is 404 g/mol. The van der Waals surface area contributed by atoms with Gasteiger partial charge < -0.3 is 10.1 Å². The van der Waals surface area contributed by atoms with Crippen molar-refractivity contribution in [3.63, 3.8) is 0 Å². The second-order valence-corrected chi connectivity index (χ2v) is 6.01. The van der Waals surface area contributed by atoms with Crippen LogP contribution >= 0.6 is 0 Å². The fraction of sp³-hybridized carbons (Fsp3) is 0.100. The second kappa shape index (κ2) is 9.78. The molecule has 0 bridgehead atoms. The molecule has 0 aliphatic heterocycles. The number of hydrogen-bond donors (Lipinski definition) is 3. The Bertz CT molecular complexity index is 1110. The monoisotopic (exact) mass is 422 g/mol. The first-order valence-corrected chi connectivity index (χ1v) is 9.15. The highest BCUT2D eigenvalue weighted by molar-refractivity contribution is 5.97. The number of carbonyl (C=O) groups is 2. The molecule has 0 aliphatic rings. The van der Waals surface area contributed by atoms with Crippen molar-refractivity contribution < 1.29 is 19.2 Å². The molecule has 0 atom stereocenters. The highest BCUT2D eigenvalue weighted by Gasteiger charge is 2.25. The summed E-state index contributed by atoms with van der Waals surface area (Å²) in [5.74, 6) is -1.50. The topological polar surface area (TPSA) is 148 Å². The van der Waals surface area contributed by atoms with E-state index in [0.717, 1.165) is 6.33 Å². The Hall–Kier alpha value is -4.54. The van der Waals surface area contributed by atoms with Gasteiger partial charge in [-0.3, -0.25) is 25.8 Å². The summed E-state index contributed by atoms with van der Waals surface area (Å²) in [4.78, 5) is 43.1. The summed E-state index contributed by atoms with van der Waals surface area (Å²) < 4.78 is 5.01. The predicted molar refractivity (Wildman–Crippen MR) is 112 cm³/mol. The molecule has 3 rings (SSSR count). The van der Waals surface area contributed by atoms with Crippen molar-refractivity contribution in [3.05, 3.63) is 82.2 Å².